The summed E-state index contributed by atoms with van der Waals surface area (Å²) in [5.74, 6) is 0.787. The van der Waals surface area contributed by atoms with Crippen LogP contribution in [0.5, 0.6) is 0 Å². The summed E-state index contributed by atoms with van der Waals surface area (Å²) in [6, 6.07) is 0.0420. The van der Waals surface area contributed by atoms with Crippen molar-refractivity contribution in [3.8, 4) is 0 Å². The van der Waals surface area contributed by atoms with Gasteiger partial charge in [0.15, 0.2) is 11.6 Å². The van der Waals surface area contributed by atoms with Gasteiger partial charge in [0.2, 0.25) is 0 Å². The van der Waals surface area contributed by atoms with Gasteiger partial charge < -0.3 is 31.5 Å². The highest BCUT2D eigenvalue weighted by atomic mass is 16.3. The second-order valence-corrected chi connectivity index (χ2v) is 9.49. The van der Waals surface area contributed by atoms with E-state index < -0.39 is 12.2 Å². The van der Waals surface area contributed by atoms with Crippen molar-refractivity contribution in [2.75, 3.05) is 40.3 Å². The molecule has 2 aliphatic rings. The first-order valence-electron chi connectivity index (χ1n) is 12.8. The fourth-order valence-corrected chi connectivity index (χ4v) is 4.97. The Morgan fingerprint density at radius 3 is 1.56 bits per heavy atom. The van der Waals surface area contributed by atoms with Crippen LogP contribution in [-0.2, 0) is 0 Å². The summed E-state index contributed by atoms with van der Waals surface area (Å²) in [6.45, 7) is 2.56. The number of fused-ring (bicyclic) bond motifs is 1. The molecule has 2 aliphatic heterocycles. The van der Waals surface area contributed by atoms with E-state index in [1.54, 1.807) is 14.1 Å². The molecule has 0 aromatic carbocycles. The molecule has 2 aromatic heterocycles. The van der Waals surface area contributed by atoms with Gasteiger partial charge in [0.25, 0.3) is 0 Å². The summed E-state index contributed by atoms with van der Waals surface area (Å²) < 4.78 is 0. The molecular weight excluding hydrogens is 432 g/mol. The maximum Gasteiger partial charge on any atom is 0.159 e. The number of nitrogens with one attached hydrogen (secondary N) is 4. The van der Waals surface area contributed by atoms with E-state index in [9.17, 15) is 10.2 Å². The van der Waals surface area contributed by atoms with Gasteiger partial charge in [-0.15, -0.1) is 0 Å². The summed E-state index contributed by atoms with van der Waals surface area (Å²) in [5, 5.41) is 34.9. The minimum absolute atomic E-state index is 0.0210. The van der Waals surface area contributed by atoms with Crippen LogP contribution < -0.4 is 21.3 Å². The van der Waals surface area contributed by atoms with E-state index >= 15 is 0 Å². The molecule has 4 atom stereocenters. The summed E-state index contributed by atoms with van der Waals surface area (Å²) in [5.41, 5.74) is 2.96. The SMILES string of the molecule is CNCC(O)c1nc(C2CCCCCN2)c2nc(C(O)CNC)nc(C3CCCCCN3)c2n1. The molecule has 0 aliphatic carbocycles. The van der Waals surface area contributed by atoms with Gasteiger partial charge in [0.1, 0.15) is 23.2 Å². The first-order valence-corrected chi connectivity index (χ1v) is 12.8. The van der Waals surface area contributed by atoms with Crippen LogP contribution in [0.4, 0.5) is 0 Å². The first kappa shape index (κ1) is 25.3. The molecule has 6 N–H and O–H groups in total. The van der Waals surface area contributed by atoms with Crippen molar-refractivity contribution in [2.45, 2.75) is 75.7 Å². The molecule has 0 spiro atoms. The number of aliphatic hydroxyl groups excluding tert-OH is 2. The van der Waals surface area contributed by atoms with Gasteiger partial charge in [-0.2, -0.15) is 0 Å². The van der Waals surface area contributed by atoms with Crippen LogP contribution in [0.25, 0.3) is 11.0 Å². The van der Waals surface area contributed by atoms with E-state index in [0.29, 0.717) is 35.8 Å². The molecular formula is C24H40N8O2. The number of nitrogens with zero attached hydrogens (tertiary/aromatic N) is 4. The Hall–Kier alpha value is -1.82. The van der Waals surface area contributed by atoms with E-state index in [4.69, 9.17) is 19.9 Å². The van der Waals surface area contributed by atoms with Crippen molar-refractivity contribution in [1.29, 1.82) is 0 Å². The molecule has 0 amide bonds. The van der Waals surface area contributed by atoms with Gasteiger partial charge in [0, 0.05) is 13.1 Å². The van der Waals surface area contributed by atoms with Crippen LogP contribution in [-0.4, -0.2) is 70.4 Å². The highest BCUT2D eigenvalue weighted by molar-refractivity contribution is 5.80. The number of hydrogen-bond acceptors (Lipinski definition) is 10. The highest BCUT2D eigenvalue weighted by Gasteiger charge is 2.28. The topological polar surface area (TPSA) is 140 Å². The normalized spacial score (nSPS) is 23.9. The van der Waals surface area contributed by atoms with Crippen molar-refractivity contribution < 1.29 is 10.2 Å². The zero-order valence-corrected chi connectivity index (χ0v) is 20.5. The largest absolute Gasteiger partial charge is 0.384 e. The van der Waals surface area contributed by atoms with Crippen LogP contribution in [0.2, 0.25) is 0 Å². The van der Waals surface area contributed by atoms with Crippen LogP contribution in [0.1, 0.15) is 98.7 Å². The van der Waals surface area contributed by atoms with Gasteiger partial charge in [-0.1, -0.05) is 25.7 Å². The number of rotatable bonds is 8. The molecule has 0 saturated carbocycles. The molecule has 2 aromatic rings. The number of aliphatic hydroxyl groups is 2. The number of likely N-dealkylation sites (N-methyl/N-ethyl adjacent to an activating group) is 2. The zero-order valence-electron chi connectivity index (χ0n) is 20.5. The van der Waals surface area contributed by atoms with Gasteiger partial charge in [0.05, 0.1) is 23.5 Å². The number of hydrogen-bond donors (Lipinski definition) is 6. The molecule has 4 heterocycles. The van der Waals surface area contributed by atoms with E-state index in [1.807, 2.05) is 0 Å². The molecule has 2 fully saturated rings. The van der Waals surface area contributed by atoms with Crippen LogP contribution in [0.15, 0.2) is 0 Å². The Morgan fingerprint density at radius 2 is 1.15 bits per heavy atom. The number of aromatic nitrogens is 4. The van der Waals surface area contributed by atoms with E-state index in [0.717, 1.165) is 63.0 Å². The Balaban J connectivity index is 1.92. The van der Waals surface area contributed by atoms with Gasteiger partial charge >= 0.3 is 0 Å². The lowest BCUT2D eigenvalue weighted by atomic mass is 10.0. The average Bonchev–Trinajstić information content (AvgIpc) is 3.28. The van der Waals surface area contributed by atoms with E-state index in [-0.39, 0.29) is 12.1 Å². The Labute approximate surface area is 201 Å². The van der Waals surface area contributed by atoms with Crippen molar-refractivity contribution >= 4 is 11.0 Å². The highest BCUT2D eigenvalue weighted by Crippen LogP contribution is 2.33. The third-order valence-electron chi connectivity index (χ3n) is 6.80. The summed E-state index contributed by atoms with van der Waals surface area (Å²) >= 11 is 0. The second-order valence-electron chi connectivity index (χ2n) is 9.49. The van der Waals surface area contributed by atoms with Crippen molar-refractivity contribution in [1.82, 2.24) is 41.2 Å². The predicted octanol–water partition coefficient (Wildman–Crippen LogP) is 1.33. The lowest BCUT2D eigenvalue weighted by Gasteiger charge is -2.23. The Kier molecular flexibility index (Phi) is 9.10. The van der Waals surface area contributed by atoms with Gasteiger partial charge in [-0.25, -0.2) is 19.9 Å². The van der Waals surface area contributed by atoms with E-state index in [1.165, 1.54) is 12.8 Å². The third-order valence-corrected chi connectivity index (χ3v) is 6.80. The third kappa shape index (κ3) is 5.87. The van der Waals surface area contributed by atoms with Crippen LogP contribution in [0.3, 0.4) is 0 Å². The van der Waals surface area contributed by atoms with Crippen LogP contribution in [0, 0.1) is 0 Å². The maximum absolute atomic E-state index is 10.8. The molecule has 0 radical (unpaired) electrons. The fraction of sp³-hybridized carbons (Fsp3) is 0.750. The first-order chi connectivity index (χ1) is 16.6. The fourth-order valence-electron chi connectivity index (χ4n) is 4.97. The lowest BCUT2D eigenvalue weighted by Crippen LogP contribution is -2.27. The van der Waals surface area contributed by atoms with Gasteiger partial charge in [-0.3, -0.25) is 0 Å². The monoisotopic (exact) mass is 472 g/mol. The molecule has 2 saturated heterocycles. The standard InChI is InChI=1S/C24H40N8O2/c1-25-13-17(33)23-29-19(15-9-5-3-7-11-27-15)22-21(31-23)20(16-10-6-4-8-12-28-16)30-24(32-22)18(34)14-26-2/h15-18,25-28,33-34H,3-14H2,1-2H3. The Bertz CT molecular complexity index is 852. The minimum atomic E-state index is -0.830. The van der Waals surface area contributed by atoms with E-state index in [2.05, 4.69) is 21.3 Å². The summed E-state index contributed by atoms with van der Waals surface area (Å²) in [7, 11) is 3.61. The van der Waals surface area contributed by atoms with Crippen molar-refractivity contribution in [3.63, 3.8) is 0 Å². The minimum Gasteiger partial charge on any atom is -0.384 e. The summed E-state index contributed by atoms with van der Waals surface area (Å²) in [4.78, 5) is 19.4. The molecule has 4 rings (SSSR count). The predicted molar refractivity (Wildman–Crippen MR) is 131 cm³/mol. The molecule has 188 valence electrons. The quantitative estimate of drug-likeness (QED) is 0.333. The van der Waals surface area contributed by atoms with Crippen LogP contribution >= 0.6 is 0 Å². The molecule has 0 bridgehead atoms. The molecule has 4 unspecified atom stereocenters. The molecule has 34 heavy (non-hydrogen) atoms. The lowest BCUT2D eigenvalue weighted by molar-refractivity contribution is 0.166. The average molecular weight is 473 g/mol. The van der Waals surface area contributed by atoms with Crippen molar-refractivity contribution in [3.05, 3.63) is 23.0 Å². The molecule has 10 heteroatoms. The summed E-state index contributed by atoms with van der Waals surface area (Å²) in [6.07, 6.45) is 7.07. The Morgan fingerprint density at radius 1 is 0.706 bits per heavy atom. The molecule has 10 nitrogen and oxygen atoms in total. The maximum atomic E-state index is 10.8. The zero-order chi connectivity index (χ0) is 23.9. The second kappa shape index (κ2) is 12.2. The van der Waals surface area contributed by atoms with Gasteiger partial charge in [-0.05, 0) is 52.9 Å². The smallest absolute Gasteiger partial charge is 0.159 e. The van der Waals surface area contributed by atoms with Crippen molar-refractivity contribution in [2.24, 2.45) is 0 Å².